The number of nitro benzene ring substituents is 1. The molecule has 0 unspecified atom stereocenters. The van der Waals surface area contributed by atoms with Crippen molar-refractivity contribution in [1.82, 2.24) is 0 Å². The van der Waals surface area contributed by atoms with Crippen LogP contribution in [0.4, 0.5) is 27.1 Å². The van der Waals surface area contributed by atoms with Crippen LogP contribution in [0.5, 0.6) is 0 Å². The van der Waals surface area contributed by atoms with Crippen LogP contribution in [0.3, 0.4) is 0 Å². The molecular weight excluding hydrogens is 539 g/mol. The molecule has 3 aromatic carbocycles. The summed E-state index contributed by atoms with van der Waals surface area (Å²) in [6, 6.07) is 16.6. The molecule has 0 aliphatic carbocycles. The number of hydrogen-bond acceptors (Lipinski definition) is 7. The van der Waals surface area contributed by atoms with Gasteiger partial charge in [-0.3, -0.25) is 24.6 Å². The van der Waals surface area contributed by atoms with Crippen molar-refractivity contribution in [2.45, 2.75) is 19.3 Å². The molecule has 5 rings (SSSR count). The number of carbonyl (C=O) groups is 2. The monoisotopic (exact) mass is 562 g/mol. The number of piperidine rings is 1. The molecule has 198 valence electrons. The van der Waals surface area contributed by atoms with E-state index in [2.05, 4.69) is 10.2 Å². The zero-order chi connectivity index (χ0) is 27.5. The number of non-ortho nitro benzene ring substituents is 1. The first-order valence-electron chi connectivity index (χ1n) is 12.3. The lowest BCUT2D eigenvalue weighted by atomic mass is 10.1. The fourth-order valence-electron chi connectivity index (χ4n) is 4.55. The van der Waals surface area contributed by atoms with E-state index in [9.17, 15) is 24.1 Å². The van der Waals surface area contributed by atoms with Crippen LogP contribution in [0.1, 0.15) is 35.2 Å². The summed E-state index contributed by atoms with van der Waals surface area (Å²) in [5, 5.41) is 14.2. The molecule has 11 heteroatoms. The van der Waals surface area contributed by atoms with Crippen LogP contribution in [0, 0.1) is 15.9 Å². The largest absolute Gasteiger partial charge is 0.371 e. The summed E-state index contributed by atoms with van der Waals surface area (Å²) in [6.45, 7) is 1.68. The predicted octanol–water partition coefficient (Wildman–Crippen LogP) is 6.38. The van der Waals surface area contributed by atoms with Crippen LogP contribution in [-0.4, -0.2) is 34.1 Å². The Morgan fingerprint density at radius 2 is 1.79 bits per heavy atom. The number of hydrogen-bond donors (Lipinski definition) is 1. The normalized spacial score (nSPS) is 16.6. The molecule has 2 heterocycles. The van der Waals surface area contributed by atoms with E-state index in [-0.39, 0.29) is 15.9 Å². The third kappa shape index (κ3) is 5.84. The van der Waals surface area contributed by atoms with Crippen molar-refractivity contribution >= 4 is 68.9 Å². The third-order valence-corrected chi connectivity index (χ3v) is 7.77. The van der Waals surface area contributed by atoms with Gasteiger partial charge >= 0.3 is 0 Å². The van der Waals surface area contributed by atoms with Gasteiger partial charge in [-0.15, -0.1) is 0 Å². The highest BCUT2D eigenvalue weighted by molar-refractivity contribution is 8.27. The number of thiocarbonyl (C=S) groups is 1. The molecule has 2 aliphatic rings. The smallest absolute Gasteiger partial charge is 0.270 e. The Labute approximate surface area is 233 Å². The van der Waals surface area contributed by atoms with Gasteiger partial charge < -0.3 is 10.2 Å². The molecule has 1 N–H and O–H groups in total. The number of thioether (sulfide) groups is 1. The molecule has 3 aromatic rings. The van der Waals surface area contributed by atoms with Crippen LogP contribution in [0.2, 0.25) is 0 Å². The van der Waals surface area contributed by atoms with E-state index in [1.54, 1.807) is 36.4 Å². The number of anilines is 3. The Balaban J connectivity index is 1.42. The molecule has 2 amide bonds. The molecule has 0 spiro atoms. The quantitative estimate of drug-likeness (QED) is 0.161. The van der Waals surface area contributed by atoms with Crippen molar-refractivity contribution in [3.63, 3.8) is 0 Å². The molecule has 2 fully saturated rings. The van der Waals surface area contributed by atoms with E-state index in [1.165, 1.54) is 41.3 Å². The highest BCUT2D eigenvalue weighted by Crippen LogP contribution is 2.38. The lowest BCUT2D eigenvalue weighted by molar-refractivity contribution is -0.384. The number of rotatable bonds is 6. The second-order valence-corrected chi connectivity index (χ2v) is 10.8. The summed E-state index contributed by atoms with van der Waals surface area (Å²) in [4.78, 5) is 41.2. The summed E-state index contributed by atoms with van der Waals surface area (Å²) in [7, 11) is 0. The Morgan fingerprint density at radius 3 is 2.51 bits per heavy atom. The first-order chi connectivity index (χ1) is 18.8. The van der Waals surface area contributed by atoms with Crippen LogP contribution >= 0.6 is 24.0 Å². The topological polar surface area (TPSA) is 95.8 Å². The van der Waals surface area contributed by atoms with Gasteiger partial charge in [-0.05, 0) is 73.9 Å². The van der Waals surface area contributed by atoms with Crippen LogP contribution in [-0.2, 0) is 4.79 Å². The summed E-state index contributed by atoms with van der Waals surface area (Å²) >= 11 is 6.62. The Bertz CT molecular complexity index is 1500. The van der Waals surface area contributed by atoms with Gasteiger partial charge in [0.15, 0.2) is 4.32 Å². The van der Waals surface area contributed by atoms with Gasteiger partial charge in [-0.25, -0.2) is 4.39 Å². The molecule has 8 nitrogen and oxygen atoms in total. The number of nitrogens with zero attached hydrogens (tertiary/aromatic N) is 3. The zero-order valence-electron chi connectivity index (χ0n) is 20.6. The lowest BCUT2D eigenvalue weighted by Crippen LogP contribution is -2.30. The van der Waals surface area contributed by atoms with Crippen LogP contribution in [0.15, 0.2) is 71.6 Å². The lowest BCUT2D eigenvalue weighted by Gasteiger charge is -2.30. The number of nitro groups is 1. The maximum absolute atomic E-state index is 13.5. The maximum Gasteiger partial charge on any atom is 0.270 e. The van der Waals surface area contributed by atoms with E-state index >= 15 is 0 Å². The van der Waals surface area contributed by atoms with Gasteiger partial charge in [0.2, 0.25) is 0 Å². The molecule has 39 heavy (non-hydrogen) atoms. The number of amides is 2. The summed E-state index contributed by atoms with van der Waals surface area (Å²) in [5.41, 5.74) is 2.51. The van der Waals surface area contributed by atoms with Crippen molar-refractivity contribution in [3.05, 3.63) is 98.7 Å². The number of halogens is 1. The van der Waals surface area contributed by atoms with Gasteiger partial charge in [-0.1, -0.05) is 30.0 Å². The predicted molar refractivity (Wildman–Crippen MR) is 156 cm³/mol. The summed E-state index contributed by atoms with van der Waals surface area (Å²) < 4.78 is 13.5. The van der Waals surface area contributed by atoms with Crippen LogP contribution in [0.25, 0.3) is 6.08 Å². The highest BCUT2D eigenvalue weighted by atomic mass is 32.2. The van der Waals surface area contributed by atoms with E-state index in [0.717, 1.165) is 49.8 Å². The second kappa shape index (κ2) is 11.3. The fraction of sp³-hybridized carbons (Fsp3) is 0.179. The number of carbonyl (C=O) groups excluding carboxylic acids is 2. The molecule has 0 bridgehead atoms. The van der Waals surface area contributed by atoms with E-state index in [4.69, 9.17) is 12.2 Å². The van der Waals surface area contributed by atoms with E-state index in [0.29, 0.717) is 27.4 Å². The average molecular weight is 563 g/mol. The van der Waals surface area contributed by atoms with Crippen LogP contribution < -0.4 is 15.1 Å². The minimum Gasteiger partial charge on any atom is -0.371 e. The summed E-state index contributed by atoms with van der Waals surface area (Å²) in [6.07, 6.45) is 4.85. The first-order valence-corrected chi connectivity index (χ1v) is 13.5. The SMILES string of the molecule is O=C(Nc1ccc(F)cc1)c1cccc(N2C(=O)/C(=C\c3cc([N+](=O)[O-])ccc3N3CCCCC3)SC2=S)c1. The molecular formula is C28H23FN4O4S2. The first kappa shape index (κ1) is 26.5. The molecule has 0 atom stereocenters. The van der Waals surface area contributed by atoms with Crippen molar-refractivity contribution in [1.29, 1.82) is 0 Å². The summed E-state index contributed by atoms with van der Waals surface area (Å²) in [5.74, 6) is -1.21. The molecule has 0 aromatic heterocycles. The average Bonchev–Trinajstić information content (AvgIpc) is 3.22. The standard InChI is InChI=1S/C28H23FN4O4S2/c29-20-7-9-21(10-8-20)30-26(34)18-5-4-6-22(15-18)32-27(35)25(39-28(32)38)17-19-16-23(33(36)37)11-12-24(19)31-13-2-1-3-14-31/h4-12,15-17H,1-3,13-14H2,(H,30,34)/b25-17+. The van der Waals surface area contributed by atoms with Gasteiger partial charge in [-0.2, -0.15) is 0 Å². The number of benzene rings is 3. The van der Waals surface area contributed by atoms with Crippen molar-refractivity contribution < 1.29 is 18.9 Å². The molecule has 2 aliphatic heterocycles. The van der Waals surface area contributed by atoms with Gasteiger partial charge in [0.1, 0.15) is 5.82 Å². The van der Waals surface area contributed by atoms with Crippen molar-refractivity contribution in [2.75, 3.05) is 28.2 Å². The molecule has 2 saturated heterocycles. The Morgan fingerprint density at radius 1 is 1.05 bits per heavy atom. The van der Waals surface area contributed by atoms with Gasteiger partial charge in [0.05, 0.1) is 15.5 Å². The Hall–Kier alpha value is -4.09. The maximum atomic E-state index is 13.5. The van der Waals surface area contributed by atoms with E-state index in [1.807, 2.05) is 0 Å². The minimum atomic E-state index is -0.453. The van der Waals surface area contributed by atoms with E-state index < -0.39 is 16.6 Å². The van der Waals surface area contributed by atoms with Crippen molar-refractivity contribution in [3.8, 4) is 0 Å². The second-order valence-electron chi connectivity index (χ2n) is 9.08. The zero-order valence-corrected chi connectivity index (χ0v) is 22.3. The fourth-order valence-corrected chi connectivity index (χ4v) is 5.84. The third-order valence-electron chi connectivity index (χ3n) is 6.47. The van der Waals surface area contributed by atoms with Gasteiger partial charge in [0.25, 0.3) is 17.5 Å². The molecule has 0 saturated carbocycles. The number of nitrogens with one attached hydrogen (secondary N) is 1. The Kier molecular flexibility index (Phi) is 7.71. The highest BCUT2D eigenvalue weighted by Gasteiger charge is 2.34. The molecule has 0 radical (unpaired) electrons. The van der Waals surface area contributed by atoms with Crippen molar-refractivity contribution in [2.24, 2.45) is 0 Å². The minimum absolute atomic E-state index is 0.0580. The van der Waals surface area contributed by atoms with Gasteiger partial charge in [0, 0.05) is 47.7 Å².